The minimum Gasteiger partial charge on any atom is 0 e. The van der Waals surface area contributed by atoms with Gasteiger partial charge in [0, 0.05) is 43.2 Å². The first-order valence-electron chi connectivity index (χ1n) is 6.19. The van der Waals surface area contributed by atoms with Crippen molar-refractivity contribution < 1.29 is 39.7 Å². The molecule has 0 spiro atoms. The van der Waals surface area contributed by atoms with E-state index in [1.54, 1.807) is 0 Å². The van der Waals surface area contributed by atoms with Crippen molar-refractivity contribution in [3.05, 3.63) is 74.4 Å². The molecule has 25 heavy (non-hydrogen) atoms. The van der Waals surface area contributed by atoms with Crippen LogP contribution in [0, 0.1) is 40.4 Å². The number of pyridine rings is 2. The van der Waals surface area contributed by atoms with E-state index in [2.05, 4.69) is 60.8 Å². The van der Waals surface area contributed by atoms with Crippen LogP contribution in [-0.2, 0) is 39.7 Å². The van der Waals surface area contributed by atoms with E-state index in [0.717, 1.165) is 33.2 Å². The Morgan fingerprint density at radius 2 is 0.800 bits per heavy atom. The summed E-state index contributed by atoms with van der Waals surface area (Å²) in [4.78, 5) is 9.16. The van der Waals surface area contributed by atoms with Crippen molar-refractivity contribution in [3.8, 4) is 0 Å². The predicted octanol–water partition coefficient (Wildman–Crippen LogP) is 3.25. The molecule has 0 aliphatic carbocycles. The summed E-state index contributed by atoms with van der Waals surface area (Å²) in [5.74, 6) is 0. The summed E-state index contributed by atoms with van der Waals surface area (Å²) in [7, 11) is 0. The van der Waals surface area contributed by atoms with Crippen LogP contribution >= 0.6 is 0 Å². The van der Waals surface area contributed by atoms with Crippen molar-refractivity contribution >= 4 is 21.8 Å². The van der Waals surface area contributed by atoms with Gasteiger partial charge in [0.2, 0.25) is 0 Å². The molecule has 0 atom stereocenters. The predicted molar refractivity (Wildman–Crippen MR) is 82.2 cm³/mol. The van der Waals surface area contributed by atoms with E-state index in [-0.39, 0.29) is 21.1 Å². The molecule has 0 aliphatic heterocycles. The number of hydrogen-bond donors (Lipinski definition) is 0. The fraction of sp³-hybridized carbons (Fsp3) is 0.111. The fourth-order valence-electron chi connectivity index (χ4n) is 1.96. The van der Waals surface area contributed by atoms with Crippen molar-refractivity contribution in [2.45, 2.75) is 13.8 Å². The minimum atomic E-state index is 0. The summed E-state index contributed by atoms with van der Waals surface area (Å²) < 4.78 is 30.0. The van der Waals surface area contributed by atoms with Gasteiger partial charge >= 0.3 is 45.2 Å². The maximum Gasteiger partial charge on any atom is 0 e. The van der Waals surface area contributed by atoms with Crippen LogP contribution in [0.15, 0.2) is 36.4 Å². The van der Waals surface area contributed by atoms with Crippen LogP contribution in [0.25, 0.3) is 21.8 Å². The standard InChI is InChI=1S/C14H12N2.4CO.W/c1-9-3-5-11-7-8-12-6-4-10(2)16-14(12)13(11)15-9;4*1-2;/h3-8H,1-2H3;;;;;. The zero-order valence-electron chi connectivity index (χ0n) is 13.4. The molecule has 1 aromatic carbocycles. The Balaban J connectivity index is -0.000000478. The van der Waals surface area contributed by atoms with E-state index in [0.29, 0.717) is 0 Å². The van der Waals surface area contributed by atoms with Crippen molar-refractivity contribution in [2.75, 3.05) is 0 Å². The van der Waals surface area contributed by atoms with Gasteiger partial charge in [0.15, 0.2) is 0 Å². The number of fused-ring (bicyclic) bond motifs is 3. The fourth-order valence-corrected chi connectivity index (χ4v) is 1.96. The van der Waals surface area contributed by atoms with E-state index in [1.807, 2.05) is 26.0 Å². The summed E-state index contributed by atoms with van der Waals surface area (Å²) >= 11 is 0. The van der Waals surface area contributed by atoms with Gasteiger partial charge in [-0.1, -0.05) is 24.3 Å². The maximum atomic E-state index is 7.50. The van der Waals surface area contributed by atoms with Gasteiger partial charge in [0.05, 0.1) is 11.0 Å². The molecule has 0 radical (unpaired) electrons. The smallest absolute Gasteiger partial charge is 0 e. The third kappa shape index (κ3) is 7.87. The Morgan fingerprint density at radius 3 is 1.08 bits per heavy atom. The molecular weight excluding hydrogens is 492 g/mol. The minimum absolute atomic E-state index is 0. The Bertz CT molecular complexity index is 786. The van der Waals surface area contributed by atoms with Crippen molar-refractivity contribution in [1.82, 2.24) is 9.97 Å². The van der Waals surface area contributed by atoms with Gasteiger partial charge in [0.25, 0.3) is 0 Å². The van der Waals surface area contributed by atoms with Crippen LogP contribution in [0.2, 0.25) is 0 Å². The molecule has 2 heterocycles. The Kier molecular flexibility index (Phi) is 18.2. The first-order chi connectivity index (χ1) is 11.7. The summed E-state index contributed by atoms with van der Waals surface area (Å²) in [5, 5.41) is 2.30. The summed E-state index contributed by atoms with van der Waals surface area (Å²) in [5.41, 5.74) is 4.06. The molecule has 0 fully saturated rings. The largest absolute Gasteiger partial charge is 0 e. The Labute approximate surface area is 159 Å². The van der Waals surface area contributed by atoms with Crippen LogP contribution in [0.3, 0.4) is 0 Å². The van der Waals surface area contributed by atoms with Gasteiger partial charge in [0.1, 0.15) is 0 Å². The van der Waals surface area contributed by atoms with E-state index in [9.17, 15) is 0 Å². The van der Waals surface area contributed by atoms with Crippen LogP contribution in [-0.4, -0.2) is 9.97 Å². The second-order valence-corrected chi connectivity index (χ2v) is 4.11. The monoisotopic (exact) mass is 504 g/mol. The molecule has 6 nitrogen and oxygen atoms in total. The zero-order chi connectivity index (χ0) is 19.1. The van der Waals surface area contributed by atoms with Crippen LogP contribution in [0.1, 0.15) is 11.4 Å². The molecule has 0 N–H and O–H groups in total. The average Bonchev–Trinajstić information content (AvgIpc) is 2.68. The molecule has 0 aliphatic rings. The number of nitrogens with zero attached hydrogens (tertiary/aromatic N) is 2. The normalized spacial score (nSPS) is 7.44. The van der Waals surface area contributed by atoms with Crippen molar-refractivity contribution in [2.24, 2.45) is 0 Å². The topological polar surface area (TPSA) is 105 Å². The summed E-state index contributed by atoms with van der Waals surface area (Å²) in [6, 6.07) is 12.5. The van der Waals surface area contributed by atoms with Crippen LogP contribution in [0.4, 0.5) is 0 Å². The molecule has 0 amide bonds. The number of rotatable bonds is 0. The SMILES string of the molecule is Cc1ccc2ccc3ccc(C)nc3c2n1.[C-]#[O+].[C-]#[O+].[C-]#[O+].[C-]#[O+].[W]. The quantitative estimate of drug-likeness (QED) is 0.267. The number of aromatic nitrogens is 2. The molecule has 0 saturated carbocycles. The van der Waals surface area contributed by atoms with Crippen LogP contribution in [0.5, 0.6) is 0 Å². The Morgan fingerprint density at radius 1 is 0.560 bits per heavy atom. The molecule has 124 valence electrons. The second kappa shape index (κ2) is 16.5. The third-order valence-electron chi connectivity index (χ3n) is 2.80. The van der Waals surface area contributed by atoms with Gasteiger partial charge < -0.3 is 0 Å². The van der Waals surface area contributed by atoms with E-state index in [1.165, 1.54) is 0 Å². The van der Waals surface area contributed by atoms with E-state index >= 15 is 0 Å². The van der Waals surface area contributed by atoms with Crippen molar-refractivity contribution in [3.63, 3.8) is 0 Å². The van der Waals surface area contributed by atoms with Gasteiger partial charge in [-0.2, -0.15) is 0 Å². The van der Waals surface area contributed by atoms with Gasteiger partial charge in [-0.05, 0) is 26.0 Å². The van der Waals surface area contributed by atoms with E-state index in [4.69, 9.17) is 18.6 Å². The van der Waals surface area contributed by atoms with Gasteiger partial charge in [-0.15, -0.1) is 0 Å². The molecule has 0 unspecified atom stereocenters. The summed E-state index contributed by atoms with van der Waals surface area (Å²) in [6.45, 7) is 22.0. The molecule has 3 aromatic rings. The molecule has 0 bridgehead atoms. The number of hydrogen-bond acceptors (Lipinski definition) is 2. The molecule has 3 rings (SSSR count). The van der Waals surface area contributed by atoms with Gasteiger partial charge in [-0.25, -0.2) is 0 Å². The maximum absolute atomic E-state index is 7.50. The van der Waals surface area contributed by atoms with E-state index < -0.39 is 0 Å². The number of benzene rings is 1. The molecule has 7 heteroatoms. The second-order valence-electron chi connectivity index (χ2n) is 4.11. The number of aryl methyl sites for hydroxylation is 2. The molecule has 2 aromatic heterocycles. The third-order valence-corrected chi connectivity index (χ3v) is 2.80. The Hall–Kier alpha value is -2.31. The van der Waals surface area contributed by atoms with Gasteiger partial charge in [-0.3, -0.25) is 9.97 Å². The summed E-state index contributed by atoms with van der Waals surface area (Å²) in [6.07, 6.45) is 0. The average molecular weight is 504 g/mol. The first kappa shape index (κ1) is 27.5. The van der Waals surface area contributed by atoms with Crippen LogP contribution < -0.4 is 0 Å². The van der Waals surface area contributed by atoms with Crippen molar-refractivity contribution in [1.29, 1.82) is 0 Å². The molecular formula is C18H12N2O4W. The zero-order valence-corrected chi connectivity index (χ0v) is 16.3. The first-order valence-corrected chi connectivity index (χ1v) is 6.19. The molecule has 0 saturated heterocycles.